The second-order valence-electron chi connectivity index (χ2n) is 6.40. The Morgan fingerprint density at radius 2 is 1.91 bits per heavy atom. The molecule has 2 heterocycles. The molecular formula is C17H22N4O2. The molecule has 0 spiro atoms. The van der Waals surface area contributed by atoms with Gasteiger partial charge in [0.05, 0.1) is 12.1 Å². The van der Waals surface area contributed by atoms with E-state index in [4.69, 9.17) is 10.2 Å². The van der Waals surface area contributed by atoms with Crippen LogP contribution in [-0.2, 0) is 23.3 Å². The zero-order chi connectivity index (χ0) is 16.3. The minimum atomic E-state index is -0.704. The molecule has 0 aliphatic carbocycles. The highest BCUT2D eigenvalue weighted by atomic mass is 16.4. The van der Waals surface area contributed by atoms with Crippen LogP contribution in [-0.4, -0.2) is 34.0 Å². The number of hydrogen-bond acceptors (Lipinski definition) is 6. The van der Waals surface area contributed by atoms with Crippen LogP contribution in [0.4, 0.5) is 0 Å². The van der Waals surface area contributed by atoms with Gasteiger partial charge in [-0.25, -0.2) is 0 Å². The van der Waals surface area contributed by atoms with Gasteiger partial charge in [-0.1, -0.05) is 30.3 Å². The van der Waals surface area contributed by atoms with Crippen LogP contribution in [0.25, 0.3) is 0 Å². The van der Waals surface area contributed by atoms with Gasteiger partial charge < -0.3 is 10.2 Å². The largest absolute Gasteiger partial charge is 0.422 e. The van der Waals surface area contributed by atoms with Crippen molar-refractivity contribution >= 4 is 5.78 Å². The molecule has 6 heteroatoms. The third kappa shape index (κ3) is 4.03. The number of likely N-dealkylation sites (tertiary alicyclic amines) is 1. The smallest absolute Gasteiger partial charge is 0.236 e. The Kier molecular flexibility index (Phi) is 4.54. The Morgan fingerprint density at radius 1 is 1.22 bits per heavy atom. The molecule has 2 N–H and O–H groups in total. The minimum absolute atomic E-state index is 0.324. The fourth-order valence-electron chi connectivity index (χ4n) is 2.80. The number of ketones is 1. The van der Waals surface area contributed by atoms with Gasteiger partial charge in [-0.15, -0.1) is 10.2 Å². The van der Waals surface area contributed by atoms with Gasteiger partial charge in [0.25, 0.3) is 0 Å². The van der Waals surface area contributed by atoms with Crippen molar-refractivity contribution in [2.24, 2.45) is 5.73 Å². The quantitative estimate of drug-likeness (QED) is 0.903. The van der Waals surface area contributed by atoms with E-state index >= 15 is 0 Å². The van der Waals surface area contributed by atoms with Crippen LogP contribution in [0.5, 0.6) is 0 Å². The predicted octanol–water partition coefficient (Wildman–Crippen LogP) is 1.65. The summed E-state index contributed by atoms with van der Waals surface area (Å²) in [5.74, 6) is 1.33. The lowest BCUT2D eigenvalue weighted by atomic mass is 9.94. The standard InChI is InChI=1S/C17H22N4O2/c1-17(18,11-13-5-3-2-4-6-13)16-20-19-15(23-16)12-21-9-7-14(22)8-10-21/h2-6H,7-12,18H2,1H3/t17-/m1/s1. The molecule has 122 valence electrons. The van der Waals surface area contributed by atoms with Gasteiger partial charge in [-0.3, -0.25) is 9.69 Å². The Morgan fingerprint density at radius 3 is 2.61 bits per heavy atom. The lowest BCUT2D eigenvalue weighted by molar-refractivity contribution is -0.121. The fraction of sp³-hybridized carbons (Fsp3) is 0.471. The highest BCUT2D eigenvalue weighted by Crippen LogP contribution is 2.22. The number of rotatable bonds is 5. The molecule has 1 aromatic heterocycles. The molecule has 23 heavy (non-hydrogen) atoms. The van der Waals surface area contributed by atoms with E-state index in [-0.39, 0.29) is 0 Å². The Labute approximate surface area is 135 Å². The number of carbonyl (C=O) groups excluding carboxylic acids is 1. The highest BCUT2D eigenvalue weighted by molar-refractivity contribution is 5.79. The van der Waals surface area contributed by atoms with E-state index < -0.39 is 5.54 Å². The second-order valence-corrected chi connectivity index (χ2v) is 6.40. The van der Waals surface area contributed by atoms with Gasteiger partial charge in [0.2, 0.25) is 11.8 Å². The maximum atomic E-state index is 11.3. The van der Waals surface area contributed by atoms with Gasteiger partial charge in [0, 0.05) is 25.9 Å². The molecule has 3 rings (SSSR count). The number of Topliss-reactive ketones (excluding diaryl/α,β-unsaturated/α-hetero) is 1. The van der Waals surface area contributed by atoms with Crippen molar-refractivity contribution in [3.05, 3.63) is 47.7 Å². The topological polar surface area (TPSA) is 85.2 Å². The number of piperidine rings is 1. The maximum absolute atomic E-state index is 11.3. The van der Waals surface area contributed by atoms with Crippen molar-refractivity contribution in [3.63, 3.8) is 0 Å². The summed E-state index contributed by atoms with van der Waals surface area (Å²) in [6.45, 7) is 3.97. The molecule has 0 saturated carbocycles. The Balaban J connectivity index is 1.64. The number of nitrogens with two attached hydrogens (primary N) is 1. The summed E-state index contributed by atoms with van der Waals surface area (Å²) in [6, 6.07) is 10.0. The molecule has 1 aliphatic rings. The summed E-state index contributed by atoms with van der Waals surface area (Å²) in [7, 11) is 0. The molecule has 6 nitrogen and oxygen atoms in total. The molecule has 0 bridgehead atoms. The third-order valence-corrected chi connectivity index (χ3v) is 4.14. The normalized spacial score (nSPS) is 18.8. The summed E-state index contributed by atoms with van der Waals surface area (Å²) >= 11 is 0. The van der Waals surface area contributed by atoms with Crippen molar-refractivity contribution in [3.8, 4) is 0 Å². The molecule has 1 atom stereocenters. The van der Waals surface area contributed by atoms with Gasteiger partial charge in [-0.05, 0) is 18.9 Å². The predicted molar refractivity (Wildman–Crippen MR) is 85.5 cm³/mol. The van der Waals surface area contributed by atoms with Gasteiger partial charge in [0.15, 0.2) is 0 Å². The maximum Gasteiger partial charge on any atom is 0.236 e. The van der Waals surface area contributed by atoms with Crippen molar-refractivity contribution in [2.75, 3.05) is 13.1 Å². The van der Waals surface area contributed by atoms with Gasteiger partial charge >= 0.3 is 0 Å². The summed E-state index contributed by atoms with van der Waals surface area (Å²) in [6.07, 6.45) is 1.83. The summed E-state index contributed by atoms with van der Waals surface area (Å²) in [4.78, 5) is 13.4. The lowest BCUT2D eigenvalue weighted by Gasteiger charge is -2.24. The molecule has 0 amide bonds. The van der Waals surface area contributed by atoms with Crippen molar-refractivity contribution < 1.29 is 9.21 Å². The SMILES string of the molecule is C[C@@](N)(Cc1ccccc1)c1nnc(CN2CCC(=O)CC2)o1. The Hall–Kier alpha value is -2.05. The molecule has 1 fully saturated rings. The van der Waals surface area contributed by atoms with E-state index in [1.807, 2.05) is 37.3 Å². The molecule has 1 saturated heterocycles. The summed E-state index contributed by atoms with van der Waals surface area (Å²) in [5, 5.41) is 8.24. The average molecular weight is 314 g/mol. The molecule has 0 unspecified atom stereocenters. The first-order valence-corrected chi connectivity index (χ1v) is 7.93. The molecular weight excluding hydrogens is 292 g/mol. The first-order chi connectivity index (χ1) is 11.0. The second kappa shape index (κ2) is 6.60. The highest BCUT2D eigenvalue weighted by Gasteiger charge is 2.29. The van der Waals surface area contributed by atoms with E-state index in [1.54, 1.807) is 0 Å². The summed E-state index contributed by atoms with van der Waals surface area (Å²) in [5.41, 5.74) is 6.81. The third-order valence-electron chi connectivity index (χ3n) is 4.14. The van der Waals surface area contributed by atoms with Crippen molar-refractivity contribution in [2.45, 2.75) is 38.3 Å². The number of benzene rings is 1. The van der Waals surface area contributed by atoms with Gasteiger partial charge in [-0.2, -0.15) is 0 Å². The molecule has 1 aliphatic heterocycles. The lowest BCUT2D eigenvalue weighted by Crippen LogP contribution is -2.36. The molecule has 2 aromatic rings. The molecule has 0 radical (unpaired) electrons. The van der Waals surface area contributed by atoms with Crippen LogP contribution in [0.2, 0.25) is 0 Å². The minimum Gasteiger partial charge on any atom is -0.422 e. The zero-order valence-electron chi connectivity index (χ0n) is 13.4. The van der Waals surface area contributed by atoms with E-state index in [0.29, 0.717) is 43.4 Å². The Bertz CT molecular complexity index is 656. The van der Waals surface area contributed by atoms with E-state index in [9.17, 15) is 4.79 Å². The fourth-order valence-corrected chi connectivity index (χ4v) is 2.80. The van der Waals surface area contributed by atoms with E-state index in [1.165, 1.54) is 0 Å². The number of aromatic nitrogens is 2. The monoisotopic (exact) mass is 314 g/mol. The average Bonchev–Trinajstić information content (AvgIpc) is 3.00. The van der Waals surface area contributed by atoms with Gasteiger partial charge in [0.1, 0.15) is 5.78 Å². The van der Waals surface area contributed by atoms with Crippen LogP contribution < -0.4 is 5.73 Å². The number of hydrogen-bond donors (Lipinski definition) is 1. The first-order valence-electron chi connectivity index (χ1n) is 7.93. The van der Waals surface area contributed by atoms with Crippen LogP contribution >= 0.6 is 0 Å². The van der Waals surface area contributed by atoms with Crippen LogP contribution in [0.3, 0.4) is 0 Å². The van der Waals surface area contributed by atoms with Crippen LogP contribution in [0.15, 0.2) is 34.7 Å². The van der Waals surface area contributed by atoms with E-state index in [0.717, 1.165) is 18.7 Å². The zero-order valence-corrected chi connectivity index (χ0v) is 13.4. The van der Waals surface area contributed by atoms with Crippen molar-refractivity contribution in [1.29, 1.82) is 0 Å². The first kappa shape index (κ1) is 15.8. The van der Waals surface area contributed by atoms with Crippen LogP contribution in [0.1, 0.15) is 37.1 Å². The number of carbonyl (C=O) groups is 1. The van der Waals surface area contributed by atoms with E-state index in [2.05, 4.69) is 15.1 Å². The van der Waals surface area contributed by atoms with Crippen LogP contribution in [0, 0.1) is 0 Å². The molecule has 1 aromatic carbocycles. The summed E-state index contributed by atoms with van der Waals surface area (Å²) < 4.78 is 5.78. The van der Waals surface area contributed by atoms with Crippen molar-refractivity contribution in [1.82, 2.24) is 15.1 Å². The number of nitrogens with zero attached hydrogens (tertiary/aromatic N) is 3.